The molecule has 0 radical (unpaired) electrons. The molecule has 0 unspecified atom stereocenters. The van der Waals surface area contributed by atoms with Gasteiger partial charge in [0.2, 0.25) is 0 Å². The summed E-state index contributed by atoms with van der Waals surface area (Å²) in [5.41, 5.74) is 0. The summed E-state index contributed by atoms with van der Waals surface area (Å²) >= 11 is 15.5. The molecule has 0 heterocycles. The Morgan fingerprint density at radius 3 is 1.27 bits per heavy atom. The molecule has 0 aromatic carbocycles. The van der Waals surface area contributed by atoms with E-state index in [1.165, 1.54) is 0 Å². The van der Waals surface area contributed by atoms with Gasteiger partial charge in [-0.15, -0.1) is 0 Å². The molecule has 0 atom stereocenters. The first-order chi connectivity index (χ1) is 14.6. The van der Waals surface area contributed by atoms with Crippen LogP contribution < -0.4 is 0 Å². The van der Waals surface area contributed by atoms with Crippen LogP contribution in [0.15, 0.2) is 0 Å². The Bertz CT molecular complexity index is 144. The van der Waals surface area contributed by atoms with Crippen molar-refractivity contribution in [3.8, 4) is 0 Å². The third kappa shape index (κ3) is 87.9. The minimum Gasteiger partial charge on any atom is -0.396 e. The van der Waals surface area contributed by atoms with E-state index in [-0.39, 0.29) is 0 Å². The lowest BCUT2D eigenvalue weighted by atomic mass is 10.4. The minimum atomic E-state index is 0.306. The van der Waals surface area contributed by atoms with Crippen LogP contribution in [0, 0.1) is 0 Å². The van der Waals surface area contributed by atoms with Crippen LogP contribution in [0.4, 0.5) is 0 Å². The second-order valence-corrected chi connectivity index (χ2v) is 8.92. The average molecular weight is 531 g/mol. The molecule has 0 saturated carbocycles. The van der Waals surface area contributed by atoms with E-state index in [0.717, 1.165) is 80.0 Å². The summed E-state index contributed by atoms with van der Waals surface area (Å²) in [6, 6.07) is 0. The van der Waals surface area contributed by atoms with Gasteiger partial charge in [0.1, 0.15) is 0 Å². The lowest BCUT2D eigenvalue weighted by Gasteiger charge is -1.89. The third-order valence-corrected chi connectivity index (χ3v) is 4.91. The molecule has 0 aliphatic heterocycles. The third-order valence-electron chi connectivity index (χ3n) is 2.51. The first-order valence-electron chi connectivity index (χ1n) is 10.2. The Balaban J connectivity index is -0.0000000868. The van der Waals surface area contributed by atoms with Gasteiger partial charge in [-0.05, 0) is 55.0 Å². The zero-order chi connectivity index (χ0) is 24.1. The Hall–Kier alpha value is 1.55. The van der Waals surface area contributed by atoms with E-state index in [1.807, 2.05) is 0 Å². The molecule has 30 heavy (non-hydrogen) atoms. The summed E-state index contributed by atoms with van der Waals surface area (Å²) in [4.78, 5) is 0. The minimum absolute atomic E-state index is 0.306. The average Bonchev–Trinajstić information content (AvgIpc) is 2.78. The van der Waals surface area contributed by atoms with Gasteiger partial charge in [0.15, 0.2) is 0 Å². The predicted molar refractivity (Wildman–Crippen MR) is 151 cm³/mol. The number of hydrogen-bond acceptors (Lipinski definition) is 10. The molecule has 10 heteroatoms. The highest BCUT2D eigenvalue weighted by Gasteiger charge is 1.77. The van der Waals surface area contributed by atoms with E-state index in [9.17, 15) is 0 Å². The fourth-order valence-electron chi connectivity index (χ4n) is 1.02. The van der Waals surface area contributed by atoms with Crippen LogP contribution in [0.2, 0.25) is 0 Å². The van der Waals surface area contributed by atoms with Crippen molar-refractivity contribution in [3.05, 3.63) is 0 Å². The molecular weight excluding hydrogens is 481 g/mol. The fourth-order valence-corrected chi connectivity index (χ4v) is 2.25. The number of aliphatic hydroxyl groups excluding tert-OH is 2. The largest absolute Gasteiger partial charge is 0.396 e. The van der Waals surface area contributed by atoms with Gasteiger partial charge in [-0.3, -0.25) is 0 Å². The van der Waals surface area contributed by atoms with E-state index >= 15 is 0 Å². The summed E-state index contributed by atoms with van der Waals surface area (Å²) in [6.45, 7) is 5.26. The number of hydrogen-bond donors (Lipinski definition) is 5. The van der Waals surface area contributed by atoms with Crippen LogP contribution >= 0.6 is 61.4 Å². The molecule has 0 fully saturated rings. The molecule has 2 N–H and O–H groups in total. The highest BCUT2D eigenvalue weighted by atomic mass is 32.2. The van der Waals surface area contributed by atoms with E-state index in [2.05, 4.69) is 51.1 Å². The van der Waals surface area contributed by atoms with Crippen molar-refractivity contribution < 1.29 is 24.4 Å². The van der Waals surface area contributed by atoms with Crippen LogP contribution in [-0.2, 0) is 14.2 Å². The smallest absolute Gasteiger partial charge is 0.0552 e. The van der Waals surface area contributed by atoms with Crippen LogP contribution in [0.1, 0.15) is 32.6 Å². The van der Waals surface area contributed by atoms with Crippen LogP contribution in [0.5, 0.6) is 0 Å². The number of rotatable bonds is 15. The number of methoxy groups -OCH3 is 3. The number of unbranched alkanes of at least 4 members (excludes halogenated alkanes) is 1. The molecule has 0 saturated heterocycles. The zero-order valence-corrected chi connectivity index (χ0v) is 24.2. The second kappa shape index (κ2) is 57.4. The summed E-state index contributed by atoms with van der Waals surface area (Å²) < 4.78 is 14.2. The first kappa shape index (κ1) is 41.8. The van der Waals surface area contributed by atoms with E-state index in [0.29, 0.717) is 13.2 Å². The lowest BCUT2D eigenvalue weighted by molar-refractivity contribution is 0.200. The van der Waals surface area contributed by atoms with E-state index in [1.54, 1.807) is 44.9 Å². The quantitative estimate of drug-likeness (QED) is 0.160. The maximum absolute atomic E-state index is 8.18. The van der Waals surface area contributed by atoms with Crippen LogP contribution in [-0.4, -0.2) is 105 Å². The monoisotopic (exact) mass is 530 g/mol. The van der Waals surface area contributed by atoms with Crippen molar-refractivity contribution in [2.45, 2.75) is 32.6 Å². The standard InChI is InChI=1S/5C4H10OS/c1-5-3-4-6-2;2*1-5-3-2-4-6;1-2-6-4-3-5;5-3-1-2-4-6/h3-4H2,1-2H3;2*6H,2-4H2,1H3;5H,2-4H2,1H3;5-6H,1-4H2. The Morgan fingerprint density at radius 2 is 1.13 bits per heavy atom. The van der Waals surface area contributed by atoms with Crippen molar-refractivity contribution >= 4 is 61.4 Å². The van der Waals surface area contributed by atoms with Crippen molar-refractivity contribution in [3.63, 3.8) is 0 Å². The summed E-state index contributed by atoms with van der Waals surface area (Å²) in [5.74, 6) is 5.84. The van der Waals surface area contributed by atoms with Crippen molar-refractivity contribution in [1.82, 2.24) is 0 Å². The van der Waals surface area contributed by atoms with Crippen molar-refractivity contribution in [1.29, 1.82) is 0 Å². The molecule has 0 aliphatic rings. The topological polar surface area (TPSA) is 68.2 Å². The SMILES string of the molecule is CCSCCO.COCCCS.COCCCS.COCCSC.OCCCCS. The number of ether oxygens (including phenoxy) is 3. The maximum atomic E-state index is 8.18. The fraction of sp³-hybridized carbons (Fsp3) is 1.00. The molecule has 0 aromatic rings. The molecule has 0 aliphatic carbocycles. The van der Waals surface area contributed by atoms with Crippen LogP contribution in [0.25, 0.3) is 0 Å². The zero-order valence-electron chi connectivity index (χ0n) is 19.9. The molecular formula is C20H50O5S5. The van der Waals surface area contributed by atoms with E-state index < -0.39 is 0 Å². The molecule has 5 nitrogen and oxygen atoms in total. The molecule has 0 amide bonds. The lowest BCUT2D eigenvalue weighted by Crippen LogP contribution is -1.88. The van der Waals surface area contributed by atoms with E-state index in [4.69, 9.17) is 24.4 Å². The van der Waals surface area contributed by atoms with Gasteiger partial charge >= 0.3 is 0 Å². The molecule has 0 aromatic heterocycles. The molecule has 0 rings (SSSR count). The van der Waals surface area contributed by atoms with Gasteiger partial charge < -0.3 is 24.4 Å². The van der Waals surface area contributed by atoms with Crippen molar-refractivity contribution in [2.75, 3.05) is 95.1 Å². The summed E-state index contributed by atoms with van der Waals surface area (Å²) in [5, 5.41) is 16.3. The normalized spacial score (nSPS) is 9.00. The molecule has 190 valence electrons. The van der Waals surface area contributed by atoms with Crippen molar-refractivity contribution in [2.24, 2.45) is 0 Å². The first-order valence-corrected chi connectivity index (χ1v) is 14.6. The Morgan fingerprint density at radius 1 is 0.667 bits per heavy atom. The predicted octanol–water partition coefficient (Wildman–Crippen LogP) is 4.32. The Labute approximate surface area is 212 Å². The summed E-state index contributed by atoms with van der Waals surface area (Å²) in [6.07, 6.45) is 6.10. The van der Waals surface area contributed by atoms with Crippen LogP contribution in [0.3, 0.4) is 0 Å². The number of thioether (sulfide) groups is 2. The highest BCUT2D eigenvalue weighted by molar-refractivity contribution is 7.99. The number of aliphatic hydroxyl groups is 2. The van der Waals surface area contributed by atoms with Gasteiger partial charge in [0.25, 0.3) is 0 Å². The maximum Gasteiger partial charge on any atom is 0.0552 e. The van der Waals surface area contributed by atoms with Gasteiger partial charge in [-0.1, -0.05) is 6.92 Å². The second-order valence-electron chi connectivity index (χ2n) is 5.20. The highest BCUT2D eigenvalue weighted by Crippen LogP contribution is 1.94. The molecule has 0 spiro atoms. The van der Waals surface area contributed by atoms with Gasteiger partial charge in [0.05, 0.1) is 13.2 Å². The van der Waals surface area contributed by atoms with Gasteiger partial charge in [-0.2, -0.15) is 61.4 Å². The Kier molecular flexibility index (Phi) is 80.0. The van der Waals surface area contributed by atoms with Gasteiger partial charge in [-0.25, -0.2) is 0 Å². The number of thiol groups is 3. The van der Waals surface area contributed by atoms with Gasteiger partial charge in [0, 0.05) is 52.7 Å². The summed E-state index contributed by atoms with van der Waals surface area (Å²) in [7, 11) is 5.11. The molecule has 0 bridgehead atoms.